The standard InChI is InChI=1S/C13H17N/c1-8-3-4-10-11(5-8)9(2)12-6-14-7-13(10)12/h3-5,9,12-14H,6-7H2,1-2H3. The Morgan fingerprint density at radius 3 is 2.93 bits per heavy atom. The van der Waals surface area contributed by atoms with Gasteiger partial charge in [-0.3, -0.25) is 0 Å². The minimum absolute atomic E-state index is 0.755. The number of fused-ring (bicyclic) bond motifs is 3. The number of rotatable bonds is 0. The normalized spacial score (nSPS) is 34.3. The molecule has 1 aliphatic carbocycles. The van der Waals surface area contributed by atoms with Gasteiger partial charge in [-0.05, 0) is 36.4 Å². The van der Waals surface area contributed by atoms with Crippen LogP contribution in [0.5, 0.6) is 0 Å². The average Bonchev–Trinajstić information content (AvgIpc) is 2.72. The summed E-state index contributed by atoms with van der Waals surface area (Å²) in [5, 5.41) is 3.51. The second-order valence-electron chi connectivity index (χ2n) is 4.85. The molecule has 1 nitrogen and oxygen atoms in total. The lowest BCUT2D eigenvalue weighted by molar-refractivity contribution is 0.487. The van der Waals surface area contributed by atoms with Crippen LogP contribution in [0.2, 0.25) is 0 Å². The van der Waals surface area contributed by atoms with Crippen LogP contribution in [0.1, 0.15) is 35.4 Å². The van der Waals surface area contributed by atoms with Crippen LogP contribution in [-0.2, 0) is 0 Å². The van der Waals surface area contributed by atoms with Crippen molar-refractivity contribution in [2.75, 3.05) is 13.1 Å². The molecule has 0 radical (unpaired) electrons. The first kappa shape index (κ1) is 8.49. The third-order valence-electron chi connectivity index (χ3n) is 4.04. The Morgan fingerprint density at radius 1 is 1.21 bits per heavy atom. The molecule has 1 fully saturated rings. The van der Waals surface area contributed by atoms with Crippen LogP contribution in [0.4, 0.5) is 0 Å². The highest BCUT2D eigenvalue weighted by Gasteiger charge is 2.40. The topological polar surface area (TPSA) is 12.0 Å². The van der Waals surface area contributed by atoms with E-state index in [9.17, 15) is 0 Å². The molecule has 0 saturated carbocycles. The highest BCUT2D eigenvalue weighted by atomic mass is 14.9. The summed E-state index contributed by atoms with van der Waals surface area (Å²) in [5.74, 6) is 2.40. The summed E-state index contributed by atoms with van der Waals surface area (Å²) < 4.78 is 0. The molecule has 0 amide bonds. The lowest BCUT2D eigenvalue weighted by atomic mass is 9.91. The van der Waals surface area contributed by atoms with E-state index in [4.69, 9.17) is 0 Å². The van der Waals surface area contributed by atoms with E-state index < -0.39 is 0 Å². The Kier molecular flexibility index (Phi) is 1.72. The summed E-state index contributed by atoms with van der Waals surface area (Å²) in [5.41, 5.74) is 4.63. The van der Waals surface area contributed by atoms with Crippen molar-refractivity contribution >= 4 is 0 Å². The Morgan fingerprint density at radius 2 is 2.07 bits per heavy atom. The predicted molar refractivity (Wildman–Crippen MR) is 58.7 cm³/mol. The van der Waals surface area contributed by atoms with Gasteiger partial charge in [0.15, 0.2) is 0 Å². The molecular weight excluding hydrogens is 170 g/mol. The van der Waals surface area contributed by atoms with Crippen LogP contribution >= 0.6 is 0 Å². The monoisotopic (exact) mass is 187 g/mol. The van der Waals surface area contributed by atoms with Gasteiger partial charge in [0.05, 0.1) is 0 Å². The predicted octanol–water partition coefficient (Wildman–Crippen LogP) is 2.42. The van der Waals surface area contributed by atoms with Gasteiger partial charge in [-0.15, -0.1) is 0 Å². The van der Waals surface area contributed by atoms with Crippen molar-refractivity contribution in [1.29, 1.82) is 0 Å². The van der Waals surface area contributed by atoms with E-state index in [1.807, 2.05) is 0 Å². The van der Waals surface area contributed by atoms with Crippen molar-refractivity contribution in [3.05, 3.63) is 34.9 Å². The van der Waals surface area contributed by atoms with Gasteiger partial charge in [0, 0.05) is 12.5 Å². The number of benzene rings is 1. The summed E-state index contributed by atoms with van der Waals surface area (Å²) in [6.07, 6.45) is 0. The van der Waals surface area contributed by atoms with E-state index in [1.54, 1.807) is 11.1 Å². The van der Waals surface area contributed by atoms with Crippen LogP contribution in [0.25, 0.3) is 0 Å². The number of nitrogens with one attached hydrogen (secondary N) is 1. The number of aryl methyl sites for hydroxylation is 1. The maximum atomic E-state index is 3.51. The quantitative estimate of drug-likeness (QED) is 0.657. The van der Waals surface area contributed by atoms with E-state index in [-0.39, 0.29) is 0 Å². The summed E-state index contributed by atoms with van der Waals surface area (Å²) >= 11 is 0. The highest BCUT2D eigenvalue weighted by molar-refractivity contribution is 5.43. The minimum atomic E-state index is 0.755. The average molecular weight is 187 g/mol. The van der Waals surface area contributed by atoms with Crippen LogP contribution < -0.4 is 5.32 Å². The Bertz CT molecular complexity index is 369. The molecule has 1 aromatic rings. The van der Waals surface area contributed by atoms with Crippen LogP contribution in [0.15, 0.2) is 18.2 Å². The Balaban J connectivity index is 2.13. The molecule has 14 heavy (non-hydrogen) atoms. The molecule has 1 saturated heterocycles. The summed E-state index contributed by atoms with van der Waals surface area (Å²) in [6.45, 7) is 6.97. The molecular formula is C13H17N. The fourth-order valence-corrected chi connectivity index (χ4v) is 3.22. The zero-order valence-electron chi connectivity index (χ0n) is 8.88. The number of hydrogen-bond donors (Lipinski definition) is 1. The van der Waals surface area contributed by atoms with Gasteiger partial charge >= 0.3 is 0 Å². The number of hydrogen-bond acceptors (Lipinski definition) is 1. The molecule has 1 heteroatoms. The van der Waals surface area contributed by atoms with Crippen LogP contribution in [-0.4, -0.2) is 13.1 Å². The molecule has 0 spiro atoms. The third-order valence-corrected chi connectivity index (χ3v) is 4.04. The first-order chi connectivity index (χ1) is 6.77. The van der Waals surface area contributed by atoms with Gasteiger partial charge in [0.25, 0.3) is 0 Å². The van der Waals surface area contributed by atoms with E-state index in [2.05, 4.69) is 37.4 Å². The fraction of sp³-hybridized carbons (Fsp3) is 0.538. The smallest absolute Gasteiger partial charge is 0.00237 e. The van der Waals surface area contributed by atoms with Crippen molar-refractivity contribution < 1.29 is 0 Å². The molecule has 2 aliphatic rings. The van der Waals surface area contributed by atoms with Gasteiger partial charge < -0.3 is 5.32 Å². The summed E-state index contributed by atoms with van der Waals surface area (Å²) in [6, 6.07) is 6.99. The van der Waals surface area contributed by atoms with Gasteiger partial charge in [-0.1, -0.05) is 30.7 Å². The summed E-state index contributed by atoms with van der Waals surface area (Å²) in [4.78, 5) is 0. The van der Waals surface area contributed by atoms with Gasteiger partial charge in [-0.25, -0.2) is 0 Å². The van der Waals surface area contributed by atoms with Crippen molar-refractivity contribution in [2.45, 2.75) is 25.7 Å². The molecule has 3 rings (SSSR count). The maximum absolute atomic E-state index is 3.51. The van der Waals surface area contributed by atoms with Gasteiger partial charge in [0.1, 0.15) is 0 Å². The highest BCUT2D eigenvalue weighted by Crippen LogP contribution is 2.47. The first-order valence-electron chi connectivity index (χ1n) is 5.58. The largest absolute Gasteiger partial charge is 0.316 e. The second kappa shape index (κ2) is 2.83. The lowest BCUT2D eigenvalue weighted by Gasteiger charge is -2.12. The molecule has 3 atom stereocenters. The molecule has 3 unspecified atom stereocenters. The zero-order valence-corrected chi connectivity index (χ0v) is 8.88. The Hall–Kier alpha value is -0.820. The van der Waals surface area contributed by atoms with Crippen molar-refractivity contribution in [3.8, 4) is 0 Å². The van der Waals surface area contributed by atoms with Gasteiger partial charge in [0.2, 0.25) is 0 Å². The molecule has 74 valence electrons. The van der Waals surface area contributed by atoms with Crippen molar-refractivity contribution in [2.24, 2.45) is 5.92 Å². The van der Waals surface area contributed by atoms with E-state index in [0.717, 1.165) is 17.8 Å². The van der Waals surface area contributed by atoms with Crippen molar-refractivity contribution in [1.82, 2.24) is 5.32 Å². The lowest BCUT2D eigenvalue weighted by Crippen LogP contribution is -2.12. The molecule has 0 bridgehead atoms. The first-order valence-corrected chi connectivity index (χ1v) is 5.58. The summed E-state index contributed by atoms with van der Waals surface area (Å²) in [7, 11) is 0. The van der Waals surface area contributed by atoms with E-state index in [0.29, 0.717) is 0 Å². The fourth-order valence-electron chi connectivity index (χ4n) is 3.22. The maximum Gasteiger partial charge on any atom is 0.00237 e. The van der Waals surface area contributed by atoms with Crippen LogP contribution in [0.3, 0.4) is 0 Å². The molecule has 0 aromatic heterocycles. The molecule has 1 heterocycles. The zero-order chi connectivity index (χ0) is 9.71. The van der Waals surface area contributed by atoms with Gasteiger partial charge in [-0.2, -0.15) is 0 Å². The van der Waals surface area contributed by atoms with E-state index >= 15 is 0 Å². The third kappa shape index (κ3) is 0.992. The second-order valence-corrected chi connectivity index (χ2v) is 4.85. The molecule has 1 aliphatic heterocycles. The Labute approximate surface area is 85.5 Å². The van der Waals surface area contributed by atoms with Crippen LogP contribution in [0, 0.1) is 12.8 Å². The SMILES string of the molecule is Cc1ccc2c(c1)C(C)C1CNCC21. The molecule has 1 N–H and O–H groups in total. The minimum Gasteiger partial charge on any atom is -0.316 e. The molecule has 1 aromatic carbocycles. The van der Waals surface area contributed by atoms with E-state index in [1.165, 1.54) is 18.7 Å². The van der Waals surface area contributed by atoms with Crippen molar-refractivity contribution in [3.63, 3.8) is 0 Å².